The van der Waals surface area contributed by atoms with Gasteiger partial charge in [0.2, 0.25) is 11.8 Å². The van der Waals surface area contributed by atoms with Gasteiger partial charge in [-0.05, 0) is 55.7 Å². The maximum atomic E-state index is 13.7. The van der Waals surface area contributed by atoms with Crippen LogP contribution in [0.15, 0.2) is 35.5 Å². The first kappa shape index (κ1) is 35.3. The molecule has 17 heteroatoms. The first-order chi connectivity index (χ1) is 21.6. The Balaban J connectivity index is 1.60. The zero-order valence-corrected chi connectivity index (χ0v) is 28.4. The van der Waals surface area contributed by atoms with Crippen molar-refractivity contribution in [3.05, 3.63) is 51.2 Å². The van der Waals surface area contributed by atoms with Crippen LogP contribution >= 0.6 is 0 Å². The summed E-state index contributed by atoms with van der Waals surface area (Å²) in [6.45, 7) is 10.8. The molecule has 2 fully saturated rings. The zero-order chi connectivity index (χ0) is 34.1. The number of carbonyl (C=O) groups is 4. The molecule has 0 radical (unpaired) electrons. The van der Waals surface area contributed by atoms with Crippen molar-refractivity contribution in [1.82, 2.24) is 14.5 Å². The summed E-state index contributed by atoms with van der Waals surface area (Å²) in [5.41, 5.74) is 0.175. The molecule has 15 nitrogen and oxygen atoms in total. The van der Waals surface area contributed by atoms with Crippen LogP contribution in [0.3, 0.4) is 0 Å². The second-order valence-corrected chi connectivity index (χ2v) is 18.2. The molecule has 4 rings (SSSR count). The number of benzene rings is 1. The van der Waals surface area contributed by atoms with Crippen LogP contribution in [-0.4, -0.2) is 87.0 Å². The average Bonchev–Trinajstić information content (AvgIpc) is 3.56. The van der Waals surface area contributed by atoms with Crippen LogP contribution in [0.4, 0.5) is 5.69 Å². The number of rotatable bonds is 13. The predicted molar refractivity (Wildman–Crippen MR) is 167 cm³/mol. The molecule has 3 aliphatic heterocycles. The lowest BCUT2D eigenvalue weighted by Gasteiger charge is -2.49. The molecule has 1 aromatic rings. The number of carbonyl (C=O) groups excluding carboxylic acids is 4. The molecule has 3 aliphatic rings. The molecule has 5 atom stereocenters. The van der Waals surface area contributed by atoms with Crippen LogP contribution in [0.5, 0.6) is 0 Å². The molecule has 0 bridgehead atoms. The van der Waals surface area contributed by atoms with Crippen molar-refractivity contribution in [1.29, 1.82) is 0 Å². The minimum absolute atomic E-state index is 0.0522. The standard InChI is InChI=1S/C29H41N5O10SSi/c1-6-46(7-2,8-3)44-18(5)23-24-17(4)22(16-32-14-13-20(15-32)26(35)31-45(30,41)42)25(33(24)27(23)36)29(38)43-28(37)19-9-11-21(12-10-19)34(39)40/h9-12,17-18,20,23-24H,6-8,13-16H2,1-5H3,(H,31,35)(H2,30,41,42)/t17-,18?,20-,23+,24+/m0/s1. The van der Waals surface area contributed by atoms with Crippen LogP contribution in [0.25, 0.3) is 0 Å². The van der Waals surface area contributed by atoms with E-state index in [9.17, 15) is 37.7 Å². The van der Waals surface area contributed by atoms with Crippen molar-refractivity contribution < 1.29 is 41.7 Å². The quantitative estimate of drug-likeness (QED) is 0.0770. The monoisotopic (exact) mass is 679 g/mol. The molecule has 2 saturated heterocycles. The number of amides is 2. The Morgan fingerprint density at radius 2 is 1.74 bits per heavy atom. The fourth-order valence-corrected chi connectivity index (χ4v) is 10.2. The van der Waals surface area contributed by atoms with Crippen molar-refractivity contribution in [2.75, 3.05) is 19.6 Å². The molecule has 1 aromatic carbocycles. The number of nitro groups is 1. The van der Waals surface area contributed by atoms with E-state index in [-0.39, 0.29) is 41.9 Å². The van der Waals surface area contributed by atoms with Gasteiger partial charge in [0.25, 0.3) is 15.9 Å². The lowest BCUT2D eigenvalue weighted by molar-refractivity contribution is -0.384. The van der Waals surface area contributed by atoms with Gasteiger partial charge in [-0.1, -0.05) is 27.7 Å². The van der Waals surface area contributed by atoms with Gasteiger partial charge < -0.3 is 14.1 Å². The summed E-state index contributed by atoms with van der Waals surface area (Å²) in [5.74, 6) is -4.62. The normalized spacial score (nSPS) is 24.0. The lowest BCUT2D eigenvalue weighted by atomic mass is 9.77. The van der Waals surface area contributed by atoms with E-state index >= 15 is 0 Å². The molecule has 0 saturated carbocycles. The zero-order valence-electron chi connectivity index (χ0n) is 26.6. The van der Waals surface area contributed by atoms with Gasteiger partial charge in [0, 0.05) is 31.1 Å². The topological polar surface area (TPSA) is 209 Å². The summed E-state index contributed by atoms with van der Waals surface area (Å²) in [4.78, 5) is 66.4. The number of esters is 2. The number of hydrogen-bond acceptors (Lipinski definition) is 11. The van der Waals surface area contributed by atoms with Gasteiger partial charge in [0.15, 0.2) is 8.32 Å². The van der Waals surface area contributed by atoms with Gasteiger partial charge in [0.05, 0.1) is 34.5 Å². The lowest BCUT2D eigenvalue weighted by Crippen LogP contribution is -2.65. The molecular weight excluding hydrogens is 638 g/mol. The maximum Gasteiger partial charge on any atom is 0.362 e. The van der Waals surface area contributed by atoms with Crippen molar-refractivity contribution in [2.45, 2.75) is 71.3 Å². The van der Waals surface area contributed by atoms with E-state index in [1.165, 1.54) is 17.0 Å². The third kappa shape index (κ3) is 7.07. The Kier molecular flexibility index (Phi) is 10.5. The number of nitrogens with one attached hydrogen (secondary N) is 1. The fraction of sp³-hybridized carbons (Fsp3) is 0.586. The third-order valence-electron chi connectivity index (χ3n) is 9.64. The number of non-ortho nitro benzene ring substituents is 1. The fourth-order valence-electron chi connectivity index (χ4n) is 6.86. The number of fused-ring (bicyclic) bond motifs is 1. The molecule has 46 heavy (non-hydrogen) atoms. The van der Waals surface area contributed by atoms with E-state index < -0.39 is 65.3 Å². The molecule has 3 N–H and O–H groups in total. The van der Waals surface area contributed by atoms with E-state index in [1.807, 2.05) is 18.7 Å². The van der Waals surface area contributed by atoms with Crippen LogP contribution < -0.4 is 9.86 Å². The average molecular weight is 680 g/mol. The third-order valence-corrected chi connectivity index (χ3v) is 14.9. The SMILES string of the molecule is CC[Si](CC)(CC)OC(C)[C@H]1C(=O)N2C(C(=O)OC(=O)c3ccc([N+](=O)[O-])cc3)=C(CN3CC[C@H](C(=O)NS(N)(=O)=O)C3)[C@H](C)[C@H]12. The highest BCUT2D eigenvalue weighted by Gasteiger charge is 2.61. The minimum Gasteiger partial charge on any atom is -0.413 e. The second-order valence-electron chi connectivity index (χ2n) is 12.2. The van der Waals surface area contributed by atoms with Crippen molar-refractivity contribution >= 4 is 48.0 Å². The highest BCUT2D eigenvalue weighted by molar-refractivity contribution is 7.87. The first-order valence-corrected chi connectivity index (χ1v) is 19.5. The largest absolute Gasteiger partial charge is 0.413 e. The smallest absolute Gasteiger partial charge is 0.362 e. The summed E-state index contributed by atoms with van der Waals surface area (Å²) in [7, 11) is -6.30. The van der Waals surface area contributed by atoms with Crippen molar-refractivity contribution in [2.24, 2.45) is 22.9 Å². The van der Waals surface area contributed by atoms with E-state index in [2.05, 4.69) is 20.8 Å². The number of likely N-dealkylation sites (tertiary alicyclic amines) is 1. The summed E-state index contributed by atoms with van der Waals surface area (Å²) < 4.78 is 36.4. The van der Waals surface area contributed by atoms with E-state index in [1.54, 1.807) is 4.72 Å². The van der Waals surface area contributed by atoms with Gasteiger partial charge in [-0.3, -0.25) is 24.6 Å². The molecule has 0 aliphatic carbocycles. The highest BCUT2D eigenvalue weighted by Crippen LogP contribution is 2.49. The van der Waals surface area contributed by atoms with Gasteiger partial charge in [-0.25, -0.2) is 19.5 Å². The maximum absolute atomic E-state index is 13.7. The Hall–Kier alpha value is -3.51. The van der Waals surface area contributed by atoms with Gasteiger partial charge in [0.1, 0.15) is 5.70 Å². The van der Waals surface area contributed by atoms with E-state index in [0.29, 0.717) is 18.5 Å². The Bertz CT molecular complexity index is 1540. The Morgan fingerprint density at radius 1 is 1.13 bits per heavy atom. The first-order valence-electron chi connectivity index (χ1n) is 15.4. The molecule has 252 valence electrons. The van der Waals surface area contributed by atoms with Crippen LogP contribution in [0, 0.1) is 27.9 Å². The van der Waals surface area contributed by atoms with Crippen LogP contribution in [0.2, 0.25) is 18.1 Å². The van der Waals surface area contributed by atoms with Crippen molar-refractivity contribution in [3.8, 4) is 0 Å². The summed E-state index contributed by atoms with van der Waals surface area (Å²) in [5, 5.41) is 16.0. The highest BCUT2D eigenvalue weighted by atomic mass is 32.2. The van der Waals surface area contributed by atoms with Crippen molar-refractivity contribution in [3.63, 3.8) is 0 Å². The summed E-state index contributed by atoms with van der Waals surface area (Å²) in [6.07, 6.45) is -0.0576. The van der Waals surface area contributed by atoms with Gasteiger partial charge >= 0.3 is 11.9 Å². The minimum atomic E-state index is -4.22. The number of nitrogens with zero attached hydrogens (tertiary/aromatic N) is 3. The van der Waals surface area contributed by atoms with Gasteiger partial charge in [-0.15, -0.1) is 0 Å². The van der Waals surface area contributed by atoms with Crippen LogP contribution in [-0.2, 0) is 33.8 Å². The number of nitro benzene ring substituents is 1. The van der Waals surface area contributed by atoms with Gasteiger partial charge in [-0.2, -0.15) is 8.42 Å². The molecule has 3 heterocycles. The molecule has 2 amide bonds. The summed E-state index contributed by atoms with van der Waals surface area (Å²) in [6, 6.07) is 6.86. The number of β-lactam (4-membered cyclic amide) rings is 1. The van der Waals surface area contributed by atoms with E-state index in [4.69, 9.17) is 14.3 Å². The number of ether oxygens (including phenoxy) is 1. The summed E-state index contributed by atoms with van der Waals surface area (Å²) >= 11 is 0. The Labute approximate surface area is 268 Å². The predicted octanol–water partition coefficient (Wildman–Crippen LogP) is 2.06. The Morgan fingerprint density at radius 3 is 2.28 bits per heavy atom. The molecule has 1 unspecified atom stereocenters. The number of nitrogens with two attached hydrogens (primary N) is 1. The second kappa shape index (κ2) is 13.7. The number of hydrogen-bond donors (Lipinski definition) is 2. The molecule has 0 spiro atoms. The molecule has 0 aromatic heterocycles. The van der Waals surface area contributed by atoms with E-state index in [0.717, 1.165) is 30.3 Å². The molecular formula is C29H41N5O10SSi. The van der Waals surface area contributed by atoms with Crippen LogP contribution in [0.1, 0.15) is 51.4 Å².